The molecule has 3 aromatic rings. The summed E-state index contributed by atoms with van der Waals surface area (Å²) in [6.07, 6.45) is -0.420. The van der Waals surface area contributed by atoms with Gasteiger partial charge in [-0.3, -0.25) is 9.59 Å². The van der Waals surface area contributed by atoms with Crippen molar-refractivity contribution in [1.82, 2.24) is 0 Å². The predicted molar refractivity (Wildman–Crippen MR) is 139 cm³/mol. The first-order chi connectivity index (χ1) is 17.2. The van der Waals surface area contributed by atoms with E-state index in [0.29, 0.717) is 28.6 Å². The van der Waals surface area contributed by atoms with Crippen LogP contribution in [0.4, 0.5) is 5.69 Å². The molecule has 0 saturated carbocycles. The van der Waals surface area contributed by atoms with Crippen molar-refractivity contribution >= 4 is 40.8 Å². The lowest BCUT2D eigenvalue weighted by atomic mass is 9.78. The quantitative estimate of drug-likeness (QED) is 0.195. The van der Waals surface area contributed by atoms with E-state index in [-0.39, 0.29) is 23.8 Å². The Kier molecular flexibility index (Phi) is 8.19. The molecule has 0 aliphatic carbocycles. The fourth-order valence-corrected chi connectivity index (χ4v) is 4.80. The van der Waals surface area contributed by atoms with E-state index >= 15 is 0 Å². The molecule has 8 heteroatoms. The zero-order valence-electron chi connectivity index (χ0n) is 19.9. The number of hydrogen-bond donors (Lipinski definition) is 1. The largest absolute Gasteiger partial charge is 0.465 e. The summed E-state index contributed by atoms with van der Waals surface area (Å²) in [6, 6.07) is 21.4. The number of nitrogens with zero attached hydrogens (tertiary/aromatic N) is 1. The summed E-state index contributed by atoms with van der Waals surface area (Å²) >= 11 is 12.1. The molecular formula is C28H27Cl2NO5. The van der Waals surface area contributed by atoms with E-state index in [1.165, 1.54) is 13.8 Å². The molecule has 0 aromatic heterocycles. The van der Waals surface area contributed by atoms with E-state index in [4.69, 9.17) is 32.7 Å². The van der Waals surface area contributed by atoms with Crippen LogP contribution in [0.2, 0.25) is 10.0 Å². The molecule has 1 heterocycles. The van der Waals surface area contributed by atoms with Crippen molar-refractivity contribution in [1.29, 1.82) is 0 Å². The Morgan fingerprint density at radius 1 is 0.972 bits per heavy atom. The van der Waals surface area contributed by atoms with Crippen LogP contribution in [0.25, 0.3) is 0 Å². The van der Waals surface area contributed by atoms with E-state index in [2.05, 4.69) is 0 Å². The first-order valence-corrected chi connectivity index (χ1v) is 12.4. The highest BCUT2D eigenvalue weighted by Gasteiger charge is 2.48. The van der Waals surface area contributed by atoms with Crippen molar-refractivity contribution in [2.45, 2.75) is 45.1 Å². The molecule has 1 amide bonds. The minimum Gasteiger partial charge on any atom is -0.465 e. The summed E-state index contributed by atoms with van der Waals surface area (Å²) in [6.45, 7) is 2.91. The number of carbonyl (C=O) groups excluding carboxylic acids is 2. The predicted octanol–water partition coefficient (Wildman–Crippen LogP) is 6.50. The Bertz CT molecular complexity index is 1200. The fraction of sp³-hybridized carbons (Fsp3) is 0.286. The summed E-state index contributed by atoms with van der Waals surface area (Å²) in [5.74, 6) is -0.173. The first-order valence-electron chi connectivity index (χ1n) is 11.7. The molecule has 4 rings (SSSR count). The number of benzene rings is 3. The summed E-state index contributed by atoms with van der Waals surface area (Å²) in [7, 11) is 0. The molecule has 3 aromatic carbocycles. The van der Waals surface area contributed by atoms with Crippen LogP contribution in [0, 0.1) is 5.92 Å². The molecule has 1 N–H and O–H groups in total. The maximum absolute atomic E-state index is 13.4. The molecule has 1 aliphatic rings. The summed E-state index contributed by atoms with van der Waals surface area (Å²) in [4.78, 5) is 26.9. The highest BCUT2D eigenvalue weighted by molar-refractivity contribution is 6.30. The molecule has 188 valence electrons. The van der Waals surface area contributed by atoms with Gasteiger partial charge >= 0.3 is 5.97 Å². The van der Waals surface area contributed by atoms with Crippen LogP contribution in [0.5, 0.6) is 5.75 Å². The second kappa shape index (κ2) is 11.3. The number of hydrogen-bond acceptors (Lipinski definition) is 5. The van der Waals surface area contributed by atoms with Crippen molar-refractivity contribution in [3.8, 4) is 5.75 Å². The van der Waals surface area contributed by atoms with Gasteiger partial charge in [-0.1, -0.05) is 47.5 Å². The van der Waals surface area contributed by atoms with Gasteiger partial charge in [0.15, 0.2) is 6.29 Å². The average molecular weight is 528 g/mol. The SMILES string of the molecule is CC(=O)O[C@@H](CC[C@H]1C(=O)N(c2ccc(Cl)cc2)C1c1ccc(OC(C)O)cc1)c1ccc(Cl)cc1. The van der Waals surface area contributed by atoms with Crippen LogP contribution in [-0.2, 0) is 14.3 Å². The van der Waals surface area contributed by atoms with E-state index in [1.54, 1.807) is 41.3 Å². The first kappa shape index (κ1) is 26.0. The number of aliphatic hydroxyl groups is 1. The van der Waals surface area contributed by atoms with Crippen molar-refractivity contribution < 1.29 is 24.2 Å². The summed E-state index contributed by atoms with van der Waals surface area (Å²) in [5.41, 5.74) is 2.51. The van der Waals surface area contributed by atoms with E-state index in [1.807, 2.05) is 36.4 Å². The molecule has 1 saturated heterocycles. The molecule has 1 aliphatic heterocycles. The van der Waals surface area contributed by atoms with Gasteiger partial charge in [0.2, 0.25) is 5.91 Å². The highest BCUT2D eigenvalue weighted by atomic mass is 35.5. The van der Waals surface area contributed by atoms with Gasteiger partial charge in [-0.15, -0.1) is 0 Å². The standard InChI is InChI=1S/C28H27Cl2NO5/c1-17(32)35-24-13-5-20(6-14-24)27-25(28(34)31(27)23-11-9-22(30)10-12-23)15-16-26(36-18(2)33)19-3-7-21(29)8-4-19/h3-14,17,25-27,32H,15-16H2,1-2H3/t17?,25-,26+,27?/m1/s1. The van der Waals surface area contributed by atoms with Gasteiger partial charge < -0.3 is 19.5 Å². The lowest BCUT2D eigenvalue weighted by molar-refractivity contribution is -0.147. The maximum atomic E-state index is 13.4. The third kappa shape index (κ3) is 6.01. The van der Waals surface area contributed by atoms with Crippen LogP contribution >= 0.6 is 23.2 Å². The third-order valence-corrected chi connectivity index (χ3v) is 6.64. The Hall–Kier alpha value is -3.06. The topological polar surface area (TPSA) is 76.1 Å². The van der Waals surface area contributed by atoms with Crippen molar-refractivity contribution in [3.05, 3.63) is 94.0 Å². The minimum absolute atomic E-state index is 0.00990. The van der Waals surface area contributed by atoms with Crippen LogP contribution < -0.4 is 9.64 Å². The molecule has 0 spiro atoms. The number of anilines is 1. The molecule has 36 heavy (non-hydrogen) atoms. The number of halogens is 2. The monoisotopic (exact) mass is 527 g/mol. The number of ether oxygens (including phenoxy) is 2. The summed E-state index contributed by atoms with van der Waals surface area (Å²) in [5, 5.41) is 10.7. The molecular weight excluding hydrogens is 501 g/mol. The second-order valence-electron chi connectivity index (χ2n) is 8.75. The van der Waals surface area contributed by atoms with Gasteiger partial charge in [-0.25, -0.2) is 0 Å². The Morgan fingerprint density at radius 2 is 1.56 bits per heavy atom. The van der Waals surface area contributed by atoms with Gasteiger partial charge in [-0.2, -0.15) is 0 Å². The highest BCUT2D eigenvalue weighted by Crippen LogP contribution is 2.47. The zero-order valence-corrected chi connectivity index (χ0v) is 21.4. The normalized spacial score (nSPS) is 18.8. The third-order valence-electron chi connectivity index (χ3n) is 6.14. The zero-order chi connectivity index (χ0) is 25.8. The number of amides is 1. The van der Waals surface area contributed by atoms with E-state index < -0.39 is 12.4 Å². The van der Waals surface area contributed by atoms with E-state index in [9.17, 15) is 14.7 Å². The van der Waals surface area contributed by atoms with Gasteiger partial charge in [0.05, 0.1) is 12.0 Å². The molecule has 0 radical (unpaired) electrons. The van der Waals surface area contributed by atoms with Crippen LogP contribution in [-0.4, -0.2) is 23.3 Å². The number of β-lactam (4-membered cyclic amide) rings is 1. The van der Waals surface area contributed by atoms with Gasteiger partial charge in [-0.05, 0) is 79.4 Å². The van der Waals surface area contributed by atoms with Crippen LogP contribution in [0.1, 0.15) is 50.0 Å². The molecule has 2 unspecified atom stereocenters. The Morgan fingerprint density at radius 3 is 2.11 bits per heavy atom. The molecule has 4 atom stereocenters. The van der Waals surface area contributed by atoms with Crippen molar-refractivity contribution in [2.75, 3.05) is 4.90 Å². The van der Waals surface area contributed by atoms with Gasteiger partial charge in [0, 0.05) is 22.7 Å². The second-order valence-corrected chi connectivity index (χ2v) is 9.62. The number of aliphatic hydroxyl groups excluding tert-OH is 1. The number of carbonyl (C=O) groups is 2. The van der Waals surface area contributed by atoms with Crippen molar-refractivity contribution in [3.63, 3.8) is 0 Å². The smallest absolute Gasteiger partial charge is 0.303 e. The molecule has 0 bridgehead atoms. The summed E-state index contributed by atoms with van der Waals surface area (Å²) < 4.78 is 10.9. The number of rotatable bonds is 9. The fourth-order valence-electron chi connectivity index (χ4n) is 4.54. The minimum atomic E-state index is -0.925. The average Bonchev–Trinajstić information content (AvgIpc) is 2.83. The Labute approximate surface area is 220 Å². The Balaban J connectivity index is 1.58. The molecule has 1 fully saturated rings. The molecule has 6 nitrogen and oxygen atoms in total. The van der Waals surface area contributed by atoms with Crippen LogP contribution in [0.3, 0.4) is 0 Å². The van der Waals surface area contributed by atoms with Gasteiger partial charge in [0.25, 0.3) is 0 Å². The van der Waals surface area contributed by atoms with Gasteiger partial charge in [0.1, 0.15) is 11.9 Å². The lowest BCUT2D eigenvalue weighted by Crippen LogP contribution is -2.55. The van der Waals surface area contributed by atoms with Crippen LogP contribution in [0.15, 0.2) is 72.8 Å². The maximum Gasteiger partial charge on any atom is 0.303 e. The van der Waals surface area contributed by atoms with Crippen molar-refractivity contribution in [2.24, 2.45) is 5.92 Å². The number of esters is 1. The lowest BCUT2D eigenvalue weighted by Gasteiger charge is -2.48. The van der Waals surface area contributed by atoms with E-state index in [0.717, 1.165) is 16.8 Å².